The predicted octanol–water partition coefficient (Wildman–Crippen LogP) is 2.72. The van der Waals surface area contributed by atoms with Gasteiger partial charge in [0.2, 0.25) is 0 Å². The van der Waals surface area contributed by atoms with Crippen molar-refractivity contribution in [2.45, 2.75) is 39.2 Å². The van der Waals surface area contributed by atoms with E-state index in [4.69, 9.17) is 0 Å². The maximum absolute atomic E-state index is 12.4. The molecule has 21 heavy (non-hydrogen) atoms. The second-order valence-corrected chi connectivity index (χ2v) is 5.85. The van der Waals surface area contributed by atoms with E-state index < -0.39 is 0 Å². The average molecular weight is 289 g/mol. The number of hydrogen-bond acceptors (Lipinski definition) is 3. The zero-order valence-corrected chi connectivity index (χ0v) is 13.2. The largest absolute Gasteiger partial charge is 0.384 e. The van der Waals surface area contributed by atoms with Crippen LogP contribution in [0.5, 0.6) is 0 Å². The van der Waals surface area contributed by atoms with Gasteiger partial charge in [0, 0.05) is 24.8 Å². The molecule has 4 nitrogen and oxygen atoms in total. The molecule has 1 aliphatic heterocycles. The van der Waals surface area contributed by atoms with Crippen molar-refractivity contribution in [3.05, 3.63) is 29.8 Å². The summed E-state index contributed by atoms with van der Waals surface area (Å²) in [5, 5.41) is 6.44. The monoisotopic (exact) mass is 289 g/mol. The summed E-state index contributed by atoms with van der Waals surface area (Å²) in [6.07, 6.45) is 3.61. The van der Waals surface area contributed by atoms with Crippen molar-refractivity contribution in [2.24, 2.45) is 0 Å². The first-order valence-electron chi connectivity index (χ1n) is 8.07. The van der Waals surface area contributed by atoms with Crippen LogP contribution in [0, 0.1) is 0 Å². The van der Waals surface area contributed by atoms with E-state index in [-0.39, 0.29) is 11.9 Å². The molecule has 1 fully saturated rings. The van der Waals surface area contributed by atoms with E-state index in [2.05, 4.69) is 29.4 Å². The molecule has 1 atom stereocenters. The van der Waals surface area contributed by atoms with Crippen molar-refractivity contribution in [3.8, 4) is 0 Å². The topological polar surface area (TPSA) is 44.4 Å². The maximum atomic E-state index is 12.4. The molecule has 1 aromatic carbocycles. The normalized spacial score (nSPS) is 16.7. The van der Waals surface area contributed by atoms with Gasteiger partial charge in [-0.15, -0.1) is 0 Å². The van der Waals surface area contributed by atoms with Gasteiger partial charge in [0.05, 0.1) is 5.56 Å². The van der Waals surface area contributed by atoms with E-state index >= 15 is 0 Å². The van der Waals surface area contributed by atoms with E-state index in [0.717, 1.165) is 43.9 Å². The summed E-state index contributed by atoms with van der Waals surface area (Å²) < 4.78 is 0. The third kappa shape index (κ3) is 4.74. The van der Waals surface area contributed by atoms with E-state index in [1.807, 2.05) is 24.3 Å². The molecule has 0 spiro atoms. The van der Waals surface area contributed by atoms with Crippen LogP contribution in [-0.2, 0) is 0 Å². The Balaban J connectivity index is 1.92. The average Bonchev–Trinajstić information content (AvgIpc) is 2.98. The molecular weight excluding hydrogens is 262 g/mol. The zero-order valence-electron chi connectivity index (χ0n) is 13.2. The first-order valence-corrected chi connectivity index (χ1v) is 8.07. The van der Waals surface area contributed by atoms with Crippen molar-refractivity contribution in [2.75, 3.05) is 31.5 Å². The van der Waals surface area contributed by atoms with Gasteiger partial charge in [-0.2, -0.15) is 0 Å². The molecule has 0 aliphatic carbocycles. The van der Waals surface area contributed by atoms with Gasteiger partial charge < -0.3 is 15.5 Å². The number of carbonyl (C=O) groups excluding carboxylic acids is 1. The highest BCUT2D eigenvalue weighted by Gasteiger charge is 2.17. The molecule has 1 aromatic rings. The minimum atomic E-state index is 0.0147. The second-order valence-electron chi connectivity index (χ2n) is 5.85. The highest BCUT2D eigenvalue weighted by molar-refractivity contribution is 5.99. The lowest BCUT2D eigenvalue weighted by molar-refractivity contribution is 0.0932. The summed E-state index contributed by atoms with van der Waals surface area (Å²) in [6.45, 7) is 8.35. The third-order valence-electron chi connectivity index (χ3n) is 3.85. The van der Waals surface area contributed by atoms with E-state index in [0.29, 0.717) is 0 Å². The molecule has 2 N–H and O–H groups in total. The number of nitrogens with one attached hydrogen (secondary N) is 2. The fraction of sp³-hybridized carbons (Fsp3) is 0.588. The number of hydrogen-bond donors (Lipinski definition) is 2. The molecule has 0 saturated carbocycles. The number of nitrogens with zero attached hydrogens (tertiary/aromatic N) is 1. The fourth-order valence-electron chi connectivity index (χ4n) is 2.79. The van der Waals surface area contributed by atoms with Crippen LogP contribution in [0.3, 0.4) is 0 Å². The Morgan fingerprint density at radius 1 is 1.29 bits per heavy atom. The van der Waals surface area contributed by atoms with Crippen LogP contribution in [0.1, 0.15) is 43.5 Å². The first-order chi connectivity index (χ1) is 10.2. The minimum Gasteiger partial charge on any atom is -0.384 e. The standard InChI is InChI=1S/C17H27N3O/c1-3-10-18-16-9-5-4-8-15(16)17(21)19-14(2)13-20-11-6-7-12-20/h4-5,8-9,14,18H,3,6-7,10-13H2,1-2H3,(H,19,21). The summed E-state index contributed by atoms with van der Waals surface area (Å²) in [4.78, 5) is 14.9. The molecule has 0 aromatic heterocycles. The molecule has 1 amide bonds. The van der Waals surface area contributed by atoms with E-state index in [1.54, 1.807) is 0 Å². The van der Waals surface area contributed by atoms with Gasteiger partial charge in [0.25, 0.3) is 5.91 Å². The SMILES string of the molecule is CCCNc1ccccc1C(=O)NC(C)CN1CCCC1. The van der Waals surface area contributed by atoms with Crippen molar-refractivity contribution < 1.29 is 4.79 Å². The molecule has 1 aliphatic rings. The third-order valence-corrected chi connectivity index (χ3v) is 3.85. The number of anilines is 1. The molecule has 4 heteroatoms. The highest BCUT2D eigenvalue weighted by Crippen LogP contribution is 2.15. The molecule has 1 saturated heterocycles. The smallest absolute Gasteiger partial charge is 0.253 e. The number of para-hydroxylation sites is 1. The van der Waals surface area contributed by atoms with Crippen LogP contribution in [-0.4, -0.2) is 43.0 Å². The maximum Gasteiger partial charge on any atom is 0.253 e. The molecule has 1 unspecified atom stereocenters. The Labute approximate surface area is 127 Å². The Kier molecular flexibility index (Phi) is 6.05. The first kappa shape index (κ1) is 15.8. The Morgan fingerprint density at radius 2 is 2.00 bits per heavy atom. The van der Waals surface area contributed by atoms with Crippen LogP contribution in [0.4, 0.5) is 5.69 Å². The van der Waals surface area contributed by atoms with Gasteiger partial charge in [0.15, 0.2) is 0 Å². The molecule has 0 radical (unpaired) electrons. The van der Waals surface area contributed by atoms with Crippen molar-refractivity contribution in [1.82, 2.24) is 10.2 Å². The van der Waals surface area contributed by atoms with Gasteiger partial charge >= 0.3 is 0 Å². The van der Waals surface area contributed by atoms with Crippen molar-refractivity contribution >= 4 is 11.6 Å². The lowest BCUT2D eigenvalue weighted by Crippen LogP contribution is -2.41. The minimum absolute atomic E-state index is 0.0147. The molecule has 1 heterocycles. The number of likely N-dealkylation sites (tertiary alicyclic amines) is 1. The quantitative estimate of drug-likeness (QED) is 0.811. The number of amides is 1. The Hall–Kier alpha value is -1.55. The summed E-state index contributed by atoms with van der Waals surface area (Å²) in [7, 11) is 0. The van der Waals surface area contributed by atoms with Crippen molar-refractivity contribution in [3.63, 3.8) is 0 Å². The lowest BCUT2D eigenvalue weighted by Gasteiger charge is -2.21. The molecular formula is C17H27N3O. The van der Waals surface area contributed by atoms with Gasteiger partial charge in [-0.25, -0.2) is 0 Å². The highest BCUT2D eigenvalue weighted by atomic mass is 16.1. The van der Waals surface area contributed by atoms with Crippen LogP contribution >= 0.6 is 0 Å². The van der Waals surface area contributed by atoms with Crippen LogP contribution in [0.25, 0.3) is 0 Å². The molecule has 116 valence electrons. The summed E-state index contributed by atoms with van der Waals surface area (Å²) in [5.41, 5.74) is 1.66. The number of benzene rings is 1. The van der Waals surface area contributed by atoms with Crippen LogP contribution in [0.15, 0.2) is 24.3 Å². The molecule has 0 bridgehead atoms. The van der Waals surface area contributed by atoms with Crippen LogP contribution in [0.2, 0.25) is 0 Å². The van der Waals surface area contributed by atoms with Gasteiger partial charge in [-0.05, 0) is 51.4 Å². The Morgan fingerprint density at radius 3 is 2.71 bits per heavy atom. The van der Waals surface area contributed by atoms with Gasteiger partial charge in [0.1, 0.15) is 0 Å². The zero-order chi connectivity index (χ0) is 15.1. The summed E-state index contributed by atoms with van der Waals surface area (Å²) in [6, 6.07) is 7.90. The fourth-order valence-corrected chi connectivity index (χ4v) is 2.79. The lowest BCUT2D eigenvalue weighted by atomic mass is 10.1. The number of carbonyl (C=O) groups is 1. The summed E-state index contributed by atoms with van der Waals surface area (Å²) >= 11 is 0. The Bertz CT molecular complexity index is 455. The molecule has 2 rings (SSSR count). The predicted molar refractivity (Wildman–Crippen MR) is 87.8 cm³/mol. The van der Waals surface area contributed by atoms with E-state index in [1.165, 1.54) is 12.8 Å². The summed E-state index contributed by atoms with van der Waals surface area (Å²) in [5.74, 6) is 0.0147. The van der Waals surface area contributed by atoms with E-state index in [9.17, 15) is 4.79 Å². The van der Waals surface area contributed by atoms with Gasteiger partial charge in [-0.3, -0.25) is 4.79 Å². The number of rotatable bonds is 7. The van der Waals surface area contributed by atoms with Crippen molar-refractivity contribution in [1.29, 1.82) is 0 Å². The second kappa shape index (κ2) is 8.03. The van der Waals surface area contributed by atoms with Crippen LogP contribution < -0.4 is 10.6 Å². The van der Waals surface area contributed by atoms with Gasteiger partial charge in [-0.1, -0.05) is 19.1 Å².